The molecule has 0 amide bonds. The third-order valence-corrected chi connectivity index (χ3v) is 3.93. The third-order valence-electron chi connectivity index (χ3n) is 3.93. The normalized spacial score (nSPS) is 18.2. The largest absolute Gasteiger partial charge is 0.482 e. The van der Waals surface area contributed by atoms with Crippen molar-refractivity contribution in [1.82, 2.24) is 10.2 Å². The summed E-state index contributed by atoms with van der Waals surface area (Å²) in [5.74, 6) is 1.07. The molecule has 5 nitrogen and oxygen atoms in total. The maximum absolute atomic E-state index is 11.0. The molecule has 2 rings (SSSR count). The third kappa shape index (κ3) is 5.66. The molecule has 1 aromatic rings. The van der Waals surface area contributed by atoms with Gasteiger partial charge in [0.05, 0.1) is 7.11 Å². The number of esters is 1. The van der Waals surface area contributed by atoms with Gasteiger partial charge in [0.15, 0.2) is 6.61 Å². The standard InChI is InChI=1S/C17H26N2O3/c1-19(12-15-4-3-9-18-10-15)11-14-5-7-16(8-6-14)22-13-17(20)21-2/h5-8,15,18H,3-4,9-13H2,1-2H3. The van der Waals surface area contributed by atoms with Crippen molar-refractivity contribution in [2.24, 2.45) is 5.92 Å². The van der Waals surface area contributed by atoms with Gasteiger partial charge in [-0.05, 0) is 56.6 Å². The first kappa shape index (κ1) is 16.8. The summed E-state index contributed by atoms with van der Waals surface area (Å²) in [6.45, 7) is 4.28. The molecule has 1 heterocycles. The first-order chi connectivity index (χ1) is 10.7. The number of hydrogen-bond acceptors (Lipinski definition) is 5. The van der Waals surface area contributed by atoms with Crippen LogP contribution in [0.25, 0.3) is 0 Å². The second kappa shape index (κ2) is 8.76. The molecule has 122 valence electrons. The molecule has 0 aromatic heterocycles. The van der Waals surface area contributed by atoms with E-state index in [1.54, 1.807) is 0 Å². The van der Waals surface area contributed by atoms with Gasteiger partial charge in [-0.2, -0.15) is 0 Å². The van der Waals surface area contributed by atoms with E-state index >= 15 is 0 Å². The SMILES string of the molecule is COC(=O)COc1ccc(CN(C)CC2CCCNC2)cc1. The Kier molecular flexibility index (Phi) is 6.68. The van der Waals surface area contributed by atoms with Crippen molar-refractivity contribution >= 4 is 5.97 Å². The average molecular weight is 306 g/mol. The zero-order chi connectivity index (χ0) is 15.8. The van der Waals surface area contributed by atoms with E-state index < -0.39 is 0 Å². The van der Waals surface area contributed by atoms with E-state index in [-0.39, 0.29) is 12.6 Å². The van der Waals surface area contributed by atoms with E-state index in [0.717, 1.165) is 32.1 Å². The highest BCUT2D eigenvalue weighted by atomic mass is 16.6. The van der Waals surface area contributed by atoms with Crippen LogP contribution in [0.15, 0.2) is 24.3 Å². The number of hydrogen-bond donors (Lipinski definition) is 1. The second-order valence-corrected chi connectivity index (χ2v) is 5.92. The minimum atomic E-state index is -0.370. The zero-order valence-corrected chi connectivity index (χ0v) is 13.5. The minimum Gasteiger partial charge on any atom is -0.482 e. The number of ether oxygens (including phenoxy) is 2. The summed E-state index contributed by atoms with van der Waals surface area (Å²) in [4.78, 5) is 13.4. The van der Waals surface area contributed by atoms with Gasteiger partial charge in [-0.25, -0.2) is 4.79 Å². The fourth-order valence-corrected chi connectivity index (χ4v) is 2.79. The number of carbonyl (C=O) groups is 1. The van der Waals surface area contributed by atoms with Crippen LogP contribution in [0.3, 0.4) is 0 Å². The summed E-state index contributed by atoms with van der Waals surface area (Å²) >= 11 is 0. The number of benzene rings is 1. The van der Waals surface area contributed by atoms with Crippen molar-refractivity contribution in [1.29, 1.82) is 0 Å². The van der Waals surface area contributed by atoms with Crippen LogP contribution < -0.4 is 10.1 Å². The van der Waals surface area contributed by atoms with Crippen LogP contribution in [0.5, 0.6) is 5.75 Å². The Morgan fingerprint density at radius 1 is 1.36 bits per heavy atom. The van der Waals surface area contributed by atoms with Gasteiger partial charge in [0, 0.05) is 13.1 Å². The molecule has 1 aromatic carbocycles. The molecule has 0 aliphatic carbocycles. The quantitative estimate of drug-likeness (QED) is 0.777. The van der Waals surface area contributed by atoms with Gasteiger partial charge >= 0.3 is 5.97 Å². The Balaban J connectivity index is 1.76. The van der Waals surface area contributed by atoms with Gasteiger partial charge in [-0.1, -0.05) is 12.1 Å². The van der Waals surface area contributed by atoms with Crippen molar-refractivity contribution < 1.29 is 14.3 Å². The van der Waals surface area contributed by atoms with Crippen molar-refractivity contribution in [3.8, 4) is 5.75 Å². The molecule has 1 aliphatic rings. The zero-order valence-electron chi connectivity index (χ0n) is 13.5. The summed E-state index contributed by atoms with van der Waals surface area (Å²) in [6.07, 6.45) is 2.60. The molecule has 1 atom stereocenters. The van der Waals surface area contributed by atoms with E-state index in [9.17, 15) is 4.79 Å². The first-order valence-corrected chi connectivity index (χ1v) is 7.85. The molecule has 22 heavy (non-hydrogen) atoms. The van der Waals surface area contributed by atoms with E-state index in [1.165, 1.54) is 25.5 Å². The van der Waals surface area contributed by atoms with Gasteiger partial charge in [-0.15, -0.1) is 0 Å². The number of methoxy groups -OCH3 is 1. The minimum absolute atomic E-state index is 0.0512. The van der Waals surface area contributed by atoms with Crippen LogP contribution in [0, 0.1) is 5.92 Å². The lowest BCUT2D eigenvalue weighted by atomic mass is 9.99. The molecule has 5 heteroatoms. The number of rotatable bonds is 7. The smallest absolute Gasteiger partial charge is 0.343 e. The molecular formula is C17H26N2O3. The topological polar surface area (TPSA) is 50.8 Å². The van der Waals surface area contributed by atoms with Gasteiger partial charge in [-0.3, -0.25) is 0 Å². The summed E-state index contributed by atoms with van der Waals surface area (Å²) in [7, 11) is 3.52. The summed E-state index contributed by atoms with van der Waals surface area (Å²) < 4.78 is 9.89. The van der Waals surface area contributed by atoms with E-state index in [4.69, 9.17) is 4.74 Å². The van der Waals surface area contributed by atoms with Crippen molar-refractivity contribution in [3.05, 3.63) is 29.8 Å². The van der Waals surface area contributed by atoms with Crippen LogP contribution in [0.1, 0.15) is 18.4 Å². The van der Waals surface area contributed by atoms with Crippen molar-refractivity contribution in [3.63, 3.8) is 0 Å². The maximum Gasteiger partial charge on any atom is 0.343 e. The Hall–Kier alpha value is -1.59. The molecule has 0 bridgehead atoms. The lowest BCUT2D eigenvalue weighted by molar-refractivity contribution is -0.142. The molecule has 1 saturated heterocycles. The lowest BCUT2D eigenvalue weighted by Crippen LogP contribution is -2.36. The van der Waals surface area contributed by atoms with Crippen LogP contribution >= 0.6 is 0 Å². The van der Waals surface area contributed by atoms with E-state index in [0.29, 0.717) is 5.75 Å². The number of piperidine rings is 1. The second-order valence-electron chi connectivity index (χ2n) is 5.92. The number of carbonyl (C=O) groups excluding carboxylic acids is 1. The Morgan fingerprint density at radius 2 is 2.14 bits per heavy atom. The predicted octanol–water partition coefficient (Wildman–Crippen LogP) is 1.67. The molecule has 0 saturated carbocycles. The fourth-order valence-electron chi connectivity index (χ4n) is 2.79. The maximum atomic E-state index is 11.0. The van der Waals surface area contributed by atoms with Crippen LogP contribution in [0.4, 0.5) is 0 Å². The van der Waals surface area contributed by atoms with Crippen LogP contribution in [-0.4, -0.2) is 51.3 Å². The number of nitrogens with zero attached hydrogens (tertiary/aromatic N) is 1. The molecule has 0 radical (unpaired) electrons. The van der Waals surface area contributed by atoms with Crippen molar-refractivity contribution in [2.45, 2.75) is 19.4 Å². The fraction of sp³-hybridized carbons (Fsp3) is 0.588. The molecular weight excluding hydrogens is 280 g/mol. The van der Waals surface area contributed by atoms with Crippen molar-refractivity contribution in [2.75, 3.05) is 40.4 Å². The van der Waals surface area contributed by atoms with E-state index in [1.807, 2.05) is 24.3 Å². The van der Waals surface area contributed by atoms with Crippen LogP contribution in [0.2, 0.25) is 0 Å². The highest BCUT2D eigenvalue weighted by molar-refractivity contribution is 5.70. The summed E-state index contributed by atoms with van der Waals surface area (Å²) in [6, 6.07) is 7.88. The highest BCUT2D eigenvalue weighted by Crippen LogP contribution is 2.15. The summed E-state index contributed by atoms with van der Waals surface area (Å²) in [5.41, 5.74) is 1.25. The van der Waals surface area contributed by atoms with Crippen LogP contribution in [-0.2, 0) is 16.1 Å². The molecule has 1 N–H and O–H groups in total. The van der Waals surface area contributed by atoms with Gasteiger partial charge in [0.1, 0.15) is 5.75 Å². The molecule has 1 unspecified atom stereocenters. The van der Waals surface area contributed by atoms with Gasteiger partial charge in [0.25, 0.3) is 0 Å². The monoisotopic (exact) mass is 306 g/mol. The average Bonchev–Trinajstić information content (AvgIpc) is 2.54. The van der Waals surface area contributed by atoms with E-state index in [2.05, 4.69) is 22.0 Å². The summed E-state index contributed by atoms with van der Waals surface area (Å²) in [5, 5.41) is 3.46. The predicted molar refractivity (Wildman–Crippen MR) is 85.9 cm³/mol. The number of nitrogens with one attached hydrogen (secondary N) is 1. The van der Waals surface area contributed by atoms with Gasteiger partial charge in [0.2, 0.25) is 0 Å². The van der Waals surface area contributed by atoms with Gasteiger partial charge < -0.3 is 19.7 Å². The molecule has 1 fully saturated rings. The first-order valence-electron chi connectivity index (χ1n) is 7.85. The Morgan fingerprint density at radius 3 is 2.77 bits per heavy atom. The molecule has 0 spiro atoms. The lowest BCUT2D eigenvalue weighted by Gasteiger charge is -2.27. The highest BCUT2D eigenvalue weighted by Gasteiger charge is 2.15. The Bertz CT molecular complexity index is 455. The molecule has 1 aliphatic heterocycles. The Labute approximate surface area is 132 Å².